The Balaban J connectivity index is 2.54. The molecule has 0 radical (unpaired) electrons. The van der Waals surface area contributed by atoms with Gasteiger partial charge in [0, 0.05) is 0 Å². The van der Waals surface area contributed by atoms with E-state index in [0.717, 1.165) is 0 Å². The van der Waals surface area contributed by atoms with E-state index in [-0.39, 0.29) is 0 Å². The van der Waals surface area contributed by atoms with Crippen molar-refractivity contribution in [3.05, 3.63) is 0 Å². The molecule has 0 nitrogen and oxygen atoms in total. The van der Waals surface area contributed by atoms with E-state index in [1.54, 1.807) is 0 Å². The first-order valence-corrected chi connectivity index (χ1v) is 2.46. The van der Waals surface area contributed by atoms with Gasteiger partial charge in [-0.05, 0) is 0 Å². The number of alkyl halides is 2. The van der Waals surface area contributed by atoms with Gasteiger partial charge in [-0.3, -0.25) is 0 Å². The van der Waals surface area contributed by atoms with Crippen LogP contribution in [0.15, 0.2) is 0 Å². The first-order chi connectivity index (χ1) is 2.27. The van der Waals surface area contributed by atoms with Crippen LogP contribution >= 0.6 is 0 Å². The maximum Gasteiger partial charge on any atom is 0.290 e. The Morgan fingerprint density at radius 1 is 1.40 bits per heavy atom. The third kappa shape index (κ3) is 4.01. The highest BCUT2D eigenvalue weighted by Gasteiger charge is 1.97. The second-order valence-corrected chi connectivity index (χ2v) is 1.47. The van der Waals surface area contributed by atoms with E-state index in [4.69, 9.17) is 0 Å². The molecule has 0 aromatic rings. The fraction of sp³-hybridized carbons (Fsp3) is 1.00. The van der Waals surface area contributed by atoms with Crippen molar-refractivity contribution in [1.82, 2.24) is 0 Å². The Morgan fingerprint density at radius 2 is 1.60 bits per heavy atom. The third-order valence-corrected chi connectivity index (χ3v) is 0.350. The SMILES string of the molecule is F[SiH2]C(F)F. The van der Waals surface area contributed by atoms with Crippen molar-refractivity contribution in [3.8, 4) is 0 Å². The van der Waals surface area contributed by atoms with Crippen molar-refractivity contribution in [2.75, 3.05) is 0 Å². The van der Waals surface area contributed by atoms with Crippen LogP contribution in [0.1, 0.15) is 0 Å². The van der Waals surface area contributed by atoms with E-state index in [2.05, 4.69) is 0 Å². The van der Waals surface area contributed by atoms with Crippen molar-refractivity contribution < 1.29 is 12.9 Å². The first kappa shape index (κ1) is 5.01. The Hall–Kier alpha value is 0.00688. The standard InChI is InChI=1S/CH3F3Si/c2-1(3)5-4/h1H,5H2. The summed E-state index contributed by atoms with van der Waals surface area (Å²) in [5.74, 6) is 0. The minimum absolute atomic E-state index is 2.48. The van der Waals surface area contributed by atoms with E-state index < -0.39 is 15.9 Å². The number of rotatable bonds is 1. The summed E-state index contributed by atoms with van der Waals surface area (Å²) in [6, 6.07) is -2.64. The molecule has 0 heterocycles. The fourth-order valence-corrected chi connectivity index (χ4v) is 0. The van der Waals surface area contributed by atoms with Crippen molar-refractivity contribution >= 4 is 9.85 Å². The van der Waals surface area contributed by atoms with Crippen LogP contribution in [0.25, 0.3) is 0 Å². The highest BCUT2D eigenvalue weighted by Crippen LogP contribution is 1.85. The highest BCUT2D eigenvalue weighted by atomic mass is 28.3. The van der Waals surface area contributed by atoms with Crippen LogP contribution in [0, 0.1) is 0 Å². The van der Waals surface area contributed by atoms with Gasteiger partial charge >= 0.3 is 0 Å². The van der Waals surface area contributed by atoms with E-state index >= 15 is 0 Å². The summed E-state index contributed by atoms with van der Waals surface area (Å²) in [6.45, 7) is 0. The molecule has 32 valence electrons. The lowest BCUT2D eigenvalue weighted by Gasteiger charge is -1.77. The van der Waals surface area contributed by atoms with Crippen LogP contribution < -0.4 is 0 Å². The molecule has 0 saturated carbocycles. The molecular formula is CH3F3Si. The molecule has 0 rings (SSSR count). The highest BCUT2D eigenvalue weighted by molar-refractivity contribution is 6.27. The summed E-state index contributed by atoms with van der Waals surface area (Å²) in [5.41, 5.74) is 0. The molecule has 0 unspecified atom stereocenters. The van der Waals surface area contributed by atoms with Crippen LogP contribution in [0.4, 0.5) is 12.9 Å². The van der Waals surface area contributed by atoms with Crippen LogP contribution in [-0.2, 0) is 0 Å². The maximum absolute atomic E-state index is 10.5. The van der Waals surface area contributed by atoms with E-state index in [1.165, 1.54) is 0 Å². The zero-order valence-electron chi connectivity index (χ0n) is 2.42. The molecule has 0 fully saturated rings. The molecule has 4 heteroatoms. The zero-order chi connectivity index (χ0) is 4.28. The summed E-state index contributed by atoms with van der Waals surface area (Å²) in [5, 5.41) is 0. The summed E-state index contributed by atoms with van der Waals surface area (Å²) in [7, 11) is -2.48. The quantitative estimate of drug-likeness (QED) is 0.327. The lowest BCUT2D eigenvalue weighted by Crippen LogP contribution is -1.94. The Morgan fingerprint density at radius 3 is 1.60 bits per heavy atom. The van der Waals surface area contributed by atoms with Crippen molar-refractivity contribution in [3.63, 3.8) is 0 Å². The summed E-state index contributed by atoms with van der Waals surface area (Å²) in [6.07, 6.45) is 0. The number of hydrogen-bond acceptors (Lipinski definition) is 0. The largest absolute Gasteiger partial charge is 0.316 e. The van der Waals surface area contributed by atoms with Gasteiger partial charge in [0.25, 0.3) is 9.85 Å². The second kappa shape index (κ2) is 2.26. The Kier molecular flexibility index (Phi) is 2.26. The van der Waals surface area contributed by atoms with Gasteiger partial charge < -0.3 is 4.11 Å². The zero-order valence-corrected chi connectivity index (χ0v) is 3.83. The topological polar surface area (TPSA) is 0 Å². The molecule has 0 bridgehead atoms. The van der Waals surface area contributed by atoms with Gasteiger partial charge in [-0.25, -0.2) is 8.78 Å². The smallest absolute Gasteiger partial charge is 0.290 e. The molecule has 0 aliphatic carbocycles. The van der Waals surface area contributed by atoms with Crippen molar-refractivity contribution in [1.29, 1.82) is 0 Å². The van der Waals surface area contributed by atoms with Gasteiger partial charge in [-0.15, -0.1) is 0 Å². The fourth-order valence-electron chi connectivity index (χ4n) is 0. The predicted octanol–water partition coefficient (Wildman–Crippen LogP) is 0.262. The average Bonchev–Trinajstić information content (AvgIpc) is 1.38. The van der Waals surface area contributed by atoms with E-state index in [0.29, 0.717) is 0 Å². The molecule has 0 atom stereocenters. The van der Waals surface area contributed by atoms with Crippen LogP contribution in [0.3, 0.4) is 0 Å². The van der Waals surface area contributed by atoms with Crippen molar-refractivity contribution in [2.45, 2.75) is 6.05 Å². The van der Waals surface area contributed by atoms with Gasteiger partial charge in [0.05, 0.1) is 0 Å². The molecule has 0 N–H and O–H groups in total. The van der Waals surface area contributed by atoms with Crippen molar-refractivity contribution in [2.24, 2.45) is 0 Å². The second-order valence-electron chi connectivity index (χ2n) is 0.545. The van der Waals surface area contributed by atoms with E-state index in [1.807, 2.05) is 0 Å². The molecule has 0 amide bonds. The normalized spacial score (nSPS) is 12.0. The minimum Gasteiger partial charge on any atom is -0.316 e. The summed E-state index contributed by atoms with van der Waals surface area (Å²) < 4.78 is 31.4. The molecular weight excluding hydrogens is 97.1 g/mol. The van der Waals surface area contributed by atoms with Gasteiger partial charge in [0.15, 0.2) is 0 Å². The molecule has 0 aromatic carbocycles. The maximum atomic E-state index is 10.5. The lowest BCUT2D eigenvalue weighted by molar-refractivity contribution is 0.229. The van der Waals surface area contributed by atoms with Crippen LogP contribution in [0.5, 0.6) is 0 Å². The number of halogens is 3. The Labute approximate surface area is 30.0 Å². The molecule has 0 aliphatic heterocycles. The molecule has 0 spiro atoms. The monoisotopic (exact) mass is 100.0 g/mol. The molecule has 0 aliphatic rings. The molecule has 0 saturated heterocycles. The lowest BCUT2D eigenvalue weighted by atomic mass is 11.7. The Bertz CT molecular complexity index is 20.9. The van der Waals surface area contributed by atoms with Crippen LogP contribution in [-0.4, -0.2) is 15.9 Å². The van der Waals surface area contributed by atoms with Gasteiger partial charge in [0.1, 0.15) is 0 Å². The summed E-state index contributed by atoms with van der Waals surface area (Å²) in [4.78, 5) is 0. The van der Waals surface area contributed by atoms with Gasteiger partial charge in [-0.1, -0.05) is 0 Å². The average molecular weight is 100 g/mol. The molecule has 0 aromatic heterocycles. The molecule has 5 heavy (non-hydrogen) atoms. The number of hydrogen-bond donors (Lipinski definition) is 0. The van der Waals surface area contributed by atoms with Crippen LogP contribution in [0.2, 0.25) is 0 Å². The van der Waals surface area contributed by atoms with Gasteiger partial charge in [-0.2, -0.15) is 0 Å². The third-order valence-electron chi connectivity index (χ3n) is 0.117. The predicted molar refractivity (Wildman–Crippen MR) is 15.7 cm³/mol. The van der Waals surface area contributed by atoms with Gasteiger partial charge in [0.2, 0.25) is 6.05 Å². The summed E-state index contributed by atoms with van der Waals surface area (Å²) >= 11 is 0. The van der Waals surface area contributed by atoms with E-state index in [9.17, 15) is 12.9 Å². The minimum atomic E-state index is -2.64. The first-order valence-electron chi connectivity index (χ1n) is 1.11.